The number of carbonyl (C=O) groups is 1. The highest BCUT2D eigenvalue weighted by molar-refractivity contribution is 7.89. The van der Waals surface area contributed by atoms with Crippen molar-refractivity contribution in [2.45, 2.75) is 62.4 Å². The number of nitrogens with zero attached hydrogens (tertiary/aromatic N) is 1. The molecule has 2 fully saturated rings. The first-order valence-electron chi connectivity index (χ1n) is 10.0. The van der Waals surface area contributed by atoms with E-state index < -0.39 is 34.4 Å². The number of hydrogen-bond acceptors (Lipinski definition) is 6. The summed E-state index contributed by atoms with van der Waals surface area (Å²) in [6.07, 6.45) is -2.42. The molecule has 0 spiro atoms. The van der Waals surface area contributed by atoms with Crippen molar-refractivity contribution in [3.8, 4) is 0 Å². The number of amides is 1. The van der Waals surface area contributed by atoms with Crippen LogP contribution in [0.15, 0.2) is 29.2 Å². The largest absolute Gasteiger partial charge is 0.388 e. The number of nitrogens with one attached hydrogen (secondary N) is 1. The van der Waals surface area contributed by atoms with Gasteiger partial charge < -0.3 is 19.8 Å². The number of likely N-dealkylation sites (tertiary alicyclic amines) is 1. The van der Waals surface area contributed by atoms with Crippen LogP contribution in [-0.4, -0.2) is 73.5 Å². The summed E-state index contributed by atoms with van der Waals surface area (Å²) in [6.45, 7) is 5.20. The third kappa shape index (κ3) is 5.35. The number of benzene rings is 1. The van der Waals surface area contributed by atoms with Gasteiger partial charge >= 0.3 is 0 Å². The van der Waals surface area contributed by atoms with Crippen molar-refractivity contribution >= 4 is 15.9 Å². The van der Waals surface area contributed by atoms with Crippen molar-refractivity contribution in [1.82, 2.24) is 9.62 Å². The fourth-order valence-corrected chi connectivity index (χ4v) is 4.76. The number of piperidine rings is 1. The minimum absolute atomic E-state index is 0.0339. The Hall–Kier alpha value is -1.52. The van der Waals surface area contributed by atoms with E-state index in [1.165, 1.54) is 12.1 Å². The Balaban J connectivity index is 1.55. The standard InChI is InChI=1S/C20H30N2O6S/c1-13-3-5-15(6-4-13)29(26,27)21-12-17-20(25)19(24)16(28-17)11-18(23)22-9-7-14(2)8-10-22/h3-6,14,16-17,19-21,24-25H,7-12H2,1-2H3/t16-,17+,19-,20+/m0/s1. The first-order chi connectivity index (χ1) is 13.7. The van der Waals surface area contributed by atoms with Gasteiger partial charge in [0, 0.05) is 19.6 Å². The smallest absolute Gasteiger partial charge is 0.240 e. The molecule has 3 rings (SSSR count). The van der Waals surface area contributed by atoms with Gasteiger partial charge in [-0.15, -0.1) is 0 Å². The average Bonchev–Trinajstić information content (AvgIpc) is 2.95. The van der Waals surface area contributed by atoms with Crippen molar-refractivity contribution in [3.05, 3.63) is 29.8 Å². The molecular formula is C20H30N2O6S. The van der Waals surface area contributed by atoms with E-state index in [0.29, 0.717) is 19.0 Å². The number of rotatable bonds is 6. The van der Waals surface area contributed by atoms with Gasteiger partial charge in [-0.05, 0) is 37.8 Å². The van der Waals surface area contributed by atoms with Crippen LogP contribution < -0.4 is 4.72 Å². The van der Waals surface area contributed by atoms with Crippen LogP contribution >= 0.6 is 0 Å². The fraction of sp³-hybridized carbons (Fsp3) is 0.650. The molecule has 0 aliphatic carbocycles. The summed E-state index contributed by atoms with van der Waals surface area (Å²) < 4.78 is 32.9. The van der Waals surface area contributed by atoms with Crippen LogP contribution in [-0.2, 0) is 19.6 Å². The van der Waals surface area contributed by atoms with Crippen molar-refractivity contribution in [2.75, 3.05) is 19.6 Å². The summed E-state index contributed by atoms with van der Waals surface area (Å²) in [5.41, 5.74) is 0.942. The molecule has 1 aromatic rings. The Kier molecular flexibility index (Phi) is 6.95. The van der Waals surface area contributed by atoms with E-state index in [0.717, 1.165) is 18.4 Å². The molecule has 2 aliphatic heterocycles. The minimum atomic E-state index is -3.77. The van der Waals surface area contributed by atoms with Gasteiger partial charge in [-0.1, -0.05) is 24.6 Å². The SMILES string of the molecule is Cc1ccc(S(=O)(=O)NC[C@H]2O[C@@H](CC(=O)N3CCC(C)CC3)[C@H](O)[C@@H]2O)cc1. The fourth-order valence-electron chi connectivity index (χ4n) is 3.71. The highest BCUT2D eigenvalue weighted by atomic mass is 32.2. The first kappa shape index (κ1) is 22.2. The number of hydrogen-bond donors (Lipinski definition) is 3. The third-order valence-electron chi connectivity index (χ3n) is 5.78. The van der Waals surface area contributed by atoms with Crippen LogP contribution in [0.4, 0.5) is 0 Å². The van der Waals surface area contributed by atoms with E-state index in [-0.39, 0.29) is 23.8 Å². The van der Waals surface area contributed by atoms with Gasteiger partial charge in [0.25, 0.3) is 0 Å². The molecule has 0 unspecified atom stereocenters. The molecule has 2 saturated heterocycles. The maximum absolute atomic E-state index is 12.5. The lowest BCUT2D eigenvalue weighted by atomic mass is 9.98. The van der Waals surface area contributed by atoms with E-state index in [9.17, 15) is 23.4 Å². The van der Waals surface area contributed by atoms with E-state index in [1.54, 1.807) is 17.0 Å². The molecule has 8 nitrogen and oxygen atoms in total. The van der Waals surface area contributed by atoms with Gasteiger partial charge in [0.05, 0.1) is 17.4 Å². The van der Waals surface area contributed by atoms with Crippen LogP contribution in [0.25, 0.3) is 0 Å². The number of ether oxygens (including phenoxy) is 1. The highest BCUT2D eigenvalue weighted by Crippen LogP contribution is 2.25. The second-order valence-electron chi connectivity index (χ2n) is 8.13. The quantitative estimate of drug-likeness (QED) is 0.607. The second-order valence-corrected chi connectivity index (χ2v) is 9.89. The van der Waals surface area contributed by atoms with Crippen molar-refractivity contribution < 1.29 is 28.2 Å². The Bertz CT molecular complexity index is 805. The second kappa shape index (κ2) is 9.09. The number of aryl methyl sites for hydroxylation is 1. The van der Waals surface area contributed by atoms with Gasteiger partial charge in [0.1, 0.15) is 18.3 Å². The molecule has 3 N–H and O–H groups in total. The maximum atomic E-state index is 12.5. The number of carbonyl (C=O) groups excluding carboxylic acids is 1. The molecule has 0 bridgehead atoms. The van der Waals surface area contributed by atoms with Gasteiger partial charge in [0.2, 0.25) is 15.9 Å². The maximum Gasteiger partial charge on any atom is 0.240 e. The van der Waals surface area contributed by atoms with Crippen LogP contribution in [0.1, 0.15) is 31.7 Å². The van der Waals surface area contributed by atoms with Crippen molar-refractivity contribution in [2.24, 2.45) is 5.92 Å². The lowest BCUT2D eigenvalue weighted by molar-refractivity contribution is -0.136. The predicted octanol–water partition coefficient (Wildman–Crippen LogP) is 0.411. The van der Waals surface area contributed by atoms with Gasteiger partial charge in [-0.2, -0.15) is 0 Å². The molecular weight excluding hydrogens is 396 g/mol. The Labute approximate surface area is 171 Å². The first-order valence-corrected chi connectivity index (χ1v) is 11.5. The van der Waals surface area contributed by atoms with Gasteiger partial charge in [0.15, 0.2) is 0 Å². The Morgan fingerprint density at radius 1 is 1.14 bits per heavy atom. The van der Waals surface area contributed by atoms with Gasteiger partial charge in [-0.25, -0.2) is 13.1 Å². The van der Waals surface area contributed by atoms with E-state index in [2.05, 4.69) is 11.6 Å². The molecule has 2 heterocycles. The van der Waals surface area contributed by atoms with Crippen LogP contribution in [0.3, 0.4) is 0 Å². The predicted molar refractivity (Wildman–Crippen MR) is 107 cm³/mol. The van der Waals surface area contributed by atoms with Crippen LogP contribution in [0.5, 0.6) is 0 Å². The Morgan fingerprint density at radius 2 is 1.72 bits per heavy atom. The molecule has 0 saturated carbocycles. The number of sulfonamides is 1. The lowest BCUT2D eigenvalue weighted by Crippen LogP contribution is -2.41. The van der Waals surface area contributed by atoms with E-state index in [1.807, 2.05) is 6.92 Å². The summed E-state index contributed by atoms with van der Waals surface area (Å²) in [5.74, 6) is 0.481. The molecule has 1 amide bonds. The molecule has 162 valence electrons. The zero-order valence-electron chi connectivity index (χ0n) is 16.8. The highest BCUT2D eigenvalue weighted by Gasteiger charge is 2.44. The van der Waals surface area contributed by atoms with Crippen molar-refractivity contribution in [3.63, 3.8) is 0 Å². The zero-order chi connectivity index (χ0) is 21.2. The molecule has 0 radical (unpaired) electrons. The molecule has 9 heteroatoms. The van der Waals surface area contributed by atoms with E-state index in [4.69, 9.17) is 4.74 Å². The summed E-state index contributed by atoms with van der Waals surface area (Å²) in [4.78, 5) is 14.4. The summed E-state index contributed by atoms with van der Waals surface area (Å²) in [5, 5.41) is 20.5. The normalized spacial score (nSPS) is 28.6. The molecule has 1 aromatic carbocycles. The summed E-state index contributed by atoms with van der Waals surface area (Å²) in [7, 11) is -3.77. The molecule has 4 atom stereocenters. The Morgan fingerprint density at radius 3 is 2.34 bits per heavy atom. The topological polar surface area (TPSA) is 116 Å². The molecule has 29 heavy (non-hydrogen) atoms. The average molecular weight is 427 g/mol. The van der Waals surface area contributed by atoms with Gasteiger partial charge in [-0.3, -0.25) is 4.79 Å². The third-order valence-corrected chi connectivity index (χ3v) is 7.22. The number of aliphatic hydroxyl groups is 2. The van der Waals surface area contributed by atoms with Crippen molar-refractivity contribution in [1.29, 1.82) is 0 Å². The lowest BCUT2D eigenvalue weighted by Gasteiger charge is -2.31. The van der Waals surface area contributed by atoms with Crippen LogP contribution in [0.2, 0.25) is 0 Å². The summed E-state index contributed by atoms with van der Waals surface area (Å²) >= 11 is 0. The van der Waals surface area contributed by atoms with Crippen LogP contribution in [0, 0.1) is 12.8 Å². The molecule has 0 aromatic heterocycles. The summed E-state index contributed by atoms with van der Waals surface area (Å²) in [6, 6.07) is 6.39. The molecule has 2 aliphatic rings. The van der Waals surface area contributed by atoms with E-state index >= 15 is 0 Å². The minimum Gasteiger partial charge on any atom is -0.388 e. The zero-order valence-corrected chi connectivity index (χ0v) is 17.6. The monoisotopic (exact) mass is 426 g/mol. The number of aliphatic hydroxyl groups excluding tert-OH is 2.